The lowest BCUT2D eigenvalue weighted by molar-refractivity contribution is 0.0706. The van der Waals surface area contributed by atoms with E-state index in [-0.39, 0.29) is 11.5 Å². The molecule has 0 spiro atoms. The Morgan fingerprint density at radius 1 is 0.800 bits per heavy atom. The van der Waals surface area contributed by atoms with Crippen LogP contribution in [-0.4, -0.2) is 35.0 Å². The summed E-state index contributed by atoms with van der Waals surface area (Å²) in [4.78, 5) is 26.3. The van der Waals surface area contributed by atoms with Crippen LogP contribution in [0.15, 0.2) is 60.7 Å². The summed E-state index contributed by atoms with van der Waals surface area (Å²) in [5.74, 6) is -0.833. The molecule has 2 amide bonds. The van der Waals surface area contributed by atoms with E-state index in [4.69, 9.17) is 5.21 Å². The maximum absolute atomic E-state index is 12.5. The minimum Gasteiger partial charge on any atom is -0.348 e. The van der Waals surface area contributed by atoms with Crippen LogP contribution in [-0.2, 0) is 13.1 Å². The van der Waals surface area contributed by atoms with E-state index in [0.717, 1.165) is 30.6 Å². The highest BCUT2D eigenvalue weighted by atomic mass is 16.5. The quantitative estimate of drug-likeness (QED) is 0.394. The predicted octanol–water partition coefficient (Wildman–Crippen LogP) is 3.73. The Hall–Kier alpha value is -3.22. The Labute approximate surface area is 176 Å². The van der Waals surface area contributed by atoms with Crippen LogP contribution in [0.1, 0.15) is 45.7 Å². The summed E-state index contributed by atoms with van der Waals surface area (Å²) < 4.78 is 0. The number of nitrogens with one attached hydrogen (secondary N) is 2. The molecule has 6 heteroatoms. The average Bonchev–Trinajstić information content (AvgIpc) is 2.81. The molecule has 0 aliphatic heterocycles. The van der Waals surface area contributed by atoms with Gasteiger partial charge in [-0.1, -0.05) is 50.2 Å². The third-order valence-electron chi connectivity index (χ3n) is 5.34. The summed E-state index contributed by atoms with van der Waals surface area (Å²) in [5, 5.41) is 14.0. The molecule has 3 rings (SSSR count). The lowest BCUT2D eigenvalue weighted by Gasteiger charge is -2.20. The first-order valence-electron chi connectivity index (χ1n) is 10.1. The monoisotopic (exact) mass is 405 g/mol. The van der Waals surface area contributed by atoms with Crippen molar-refractivity contribution < 1.29 is 14.8 Å². The highest BCUT2D eigenvalue weighted by Gasteiger charge is 2.11. The van der Waals surface area contributed by atoms with E-state index >= 15 is 0 Å². The van der Waals surface area contributed by atoms with Gasteiger partial charge in [0.05, 0.1) is 0 Å². The molecular formula is C24H27N3O3. The van der Waals surface area contributed by atoms with Gasteiger partial charge >= 0.3 is 0 Å². The van der Waals surface area contributed by atoms with Crippen molar-refractivity contribution in [2.24, 2.45) is 0 Å². The van der Waals surface area contributed by atoms with E-state index in [0.29, 0.717) is 12.1 Å². The maximum Gasteiger partial charge on any atom is 0.274 e. The lowest BCUT2D eigenvalue weighted by Crippen LogP contribution is -2.24. The number of benzene rings is 3. The molecule has 0 saturated carbocycles. The standard InChI is InChI=1S/C24H27N3O3/c1-3-27(4-2)16-20-14-13-19(21-7-5-6-8-22(20)21)15-25-23(28)17-9-11-18(12-10-17)24(29)26-30/h5-14,30H,3-4,15-16H2,1-2H3,(H,25,28)(H,26,29). The topological polar surface area (TPSA) is 81.7 Å². The fourth-order valence-corrected chi connectivity index (χ4v) is 3.52. The van der Waals surface area contributed by atoms with Gasteiger partial charge in [0.15, 0.2) is 0 Å². The summed E-state index contributed by atoms with van der Waals surface area (Å²) in [6.45, 7) is 7.64. The molecule has 0 bridgehead atoms. The summed E-state index contributed by atoms with van der Waals surface area (Å²) in [7, 11) is 0. The number of hydrogen-bond donors (Lipinski definition) is 3. The van der Waals surface area contributed by atoms with Crippen molar-refractivity contribution in [1.82, 2.24) is 15.7 Å². The zero-order valence-electron chi connectivity index (χ0n) is 17.3. The molecule has 0 aliphatic rings. The van der Waals surface area contributed by atoms with Gasteiger partial charge in [-0.2, -0.15) is 0 Å². The Kier molecular flexibility index (Phi) is 7.17. The van der Waals surface area contributed by atoms with Crippen molar-refractivity contribution in [3.05, 3.63) is 82.9 Å². The molecule has 0 heterocycles. The Balaban J connectivity index is 1.76. The van der Waals surface area contributed by atoms with Gasteiger partial charge in [0.1, 0.15) is 0 Å². The van der Waals surface area contributed by atoms with Crippen molar-refractivity contribution in [2.75, 3.05) is 13.1 Å². The number of fused-ring (bicyclic) bond motifs is 1. The second kappa shape index (κ2) is 10.0. The zero-order chi connectivity index (χ0) is 21.5. The average molecular weight is 405 g/mol. The molecule has 3 aromatic rings. The summed E-state index contributed by atoms with van der Waals surface area (Å²) >= 11 is 0. The van der Waals surface area contributed by atoms with Gasteiger partial charge in [0.25, 0.3) is 11.8 Å². The van der Waals surface area contributed by atoms with Crippen molar-refractivity contribution >= 4 is 22.6 Å². The number of carbonyl (C=O) groups is 2. The first kappa shape index (κ1) is 21.5. The summed E-state index contributed by atoms with van der Waals surface area (Å²) in [5.41, 5.74) is 4.64. The Morgan fingerprint density at radius 3 is 1.90 bits per heavy atom. The Bertz CT molecular complexity index is 1030. The molecule has 3 N–H and O–H groups in total. The number of nitrogens with zero attached hydrogens (tertiary/aromatic N) is 1. The fraction of sp³-hybridized carbons (Fsp3) is 0.250. The first-order valence-corrected chi connectivity index (χ1v) is 10.1. The third-order valence-corrected chi connectivity index (χ3v) is 5.34. The van der Waals surface area contributed by atoms with Crippen molar-refractivity contribution in [3.8, 4) is 0 Å². The van der Waals surface area contributed by atoms with Crippen LogP contribution in [0.4, 0.5) is 0 Å². The van der Waals surface area contributed by atoms with Gasteiger partial charge in [-0.15, -0.1) is 0 Å². The minimum absolute atomic E-state index is 0.220. The largest absolute Gasteiger partial charge is 0.348 e. The normalized spacial score (nSPS) is 10.9. The second-order valence-electron chi connectivity index (χ2n) is 7.09. The summed E-state index contributed by atoms with van der Waals surface area (Å²) in [6.07, 6.45) is 0. The molecule has 3 aromatic carbocycles. The number of rotatable bonds is 8. The van der Waals surface area contributed by atoms with Crippen molar-refractivity contribution in [1.29, 1.82) is 0 Å². The van der Waals surface area contributed by atoms with Crippen molar-refractivity contribution in [2.45, 2.75) is 26.9 Å². The van der Waals surface area contributed by atoms with Crippen LogP contribution >= 0.6 is 0 Å². The van der Waals surface area contributed by atoms with Crippen LogP contribution in [0.5, 0.6) is 0 Å². The Morgan fingerprint density at radius 2 is 1.33 bits per heavy atom. The van der Waals surface area contributed by atoms with Crippen molar-refractivity contribution in [3.63, 3.8) is 0 Å². The maximum atomic E-state index is 12.5. The minimum atomic E-state index is -0.613. The molecular weight excluding hydrogens is 378 g/mol. The second-order valence-corrected chi connectivity index (χ2v) is 7.09. The molecule has 156 valence electrons. The SMILES string of the molecule is CCN(CC)Cc1ccc(CNC(=O)c2ccc(C(=O)NO)cc2)c2ccccc12. The molecule has 0 unspecified atom stereocenters. The van der Waals surface area contributed by atoms with Gasteiger partial charge in [-0.05, 0) is 59.3 Å². The lowest BCUT2D eigenvalue weighted by atomic mass is 9.99. The van der Waals surface area contributed by atoms with Gasteiger partial charge < -0.3 is 5.32 Å². The highest BCUT2D eigenvalue weighted by Crippen LogP contribution is 2.24. The van der Waals surface area contributed by atoms with Crippen LogP contribution in [0, 0.1) is 0 Å². The molecule has 0 atom stereocenters. The van der Waals surface area contributed by atoms with Crippen LogP contribution in [0.25, 0.3) is 10.8 Å². The van der Waals surface area contributed by atoms with Gasteiger partial charge in [-0.3, -0.25) is 19.7 Å². The van der Waals surface area contributed by atoms with E-state index in [1.807, 2.05) is 12.1 Å². The fourth-order valence-electron chi connectivity index (χ4n) is 3.52. The van der Waals surface area contributed by atoms with E-state index in [2.05, 4.69) is 48.3 Å². The number of hydrogen-bond acceptors (Lipinski definition) is 4. The predicted molar refractivity (Wildman–Crippen MR) is 117 cm³/mol. The first-order chi connectivity index (χ1) is 14.6. The zero-order valence-corrected chi connectivity index (χ0v) is 17.3. The summed E-state index contributed by atoms with van der Waals surface area (Å²) in [6, 6.07) is 18.6. The van der Waals surface area contributed by atoms with Gasteiger partial charge in [-0.25, -0.2) is 5.48 Å². The third kappa shape index (κ3) is 4.84. The van der Waals surface area contributed by atoms with Gasteiger partial charge in [0.2, 0.25) is 0 Å². The van der Waals surface area contributed by atoms with Crippen LogP contribution in [0.2, 0.25) is 0 Å². The number of carbonyl (C=O) groups excluding carboxylic acids is 2. The van der Waals surface area contributed by atoms with E-state index < -0.39 is 5.91 Å². The molecule has 0 radical (unpaired) electrons. The van der Waals surface area contributed by atoms with E-state index in [1.165, 1.54) is 23.1 Å². The van der Waals surface area contributed by atoms with E-state index in [1.54, 1.807) is 17.6 Å². The molecule has 0 fully saturated rings. The van der Waals surface area contributed by atoms with Gasteiger partial charge in [0, 0.05) is 24.2 Å². The number of hydroxylamine groups is 1. The molecule has 0 saturated heterocycles. The molecule has 6 nitrogen and oxygen atoms in total. The smallest absolute Gasteiger partial charge is 0.274 e. The molecule has 0 aromatic heterocycles. The highest BCUT2D eigenvalue weighted by molar-refractivity contribution is 5.97. The van der Waals surface area contributed by atoms with Crippen LogP contribution in [0.3, 0.4) is 0 Å². The number of amides is 2. The molecule has 30 heavy (non-hydrogen) atoms. The molecule has 0 aliphatic carbocycles. The van der Waals surface area contributed by atoms with Crippen LogP contribution < -0.4 is 10.8 Å². The van der Waals surface area contributed by atoms with E-state index in [9.17, 15) is 9.59 Å².